The molecule has 1 amide bonds. The van der Waals surface area contributed by atoms with E-state index < -0.39 is 35.1 Å². The SMILES string of the molecule is O=C(Nc1cc([N+](=O)[O-])ccc1CF)C(F)(F)F. The van der Waals surface area contributed by atoms with E-state index in [1.165, 1.54) is 5.32 Å². The highest BCUT2D eigenvalue weighted by Crippen LogP contribution is 2.25. The first-order chi connectivity index (χ1) is 8.25. The zero-order chi connectivity index (χ0) is 13.9. The number of non-ortho nitro benzene ring substituents is 1. The maximum Gasteiger partial charge on any atom is 0.471 e. The van der Waals surface area contributed by atoms with E-state index in [1.54, 1.807) is 0 Å². The second-order valence-electron chi connectivity index (χ2n) is 3.18. The molecule has 0 fully saturated rings. The van der Waals surface area contributed by atoms with Crippen LogP contribution in [0.2, 0.25) is 0 Å². The van der Waals surface area contributed by atoms with E-state index in [4.69, 9.17) is 0 Å². The summed E-state index contributed by atoms with van der Waals surface area (Å²) in [6, 6.07) is 2.53. The van der Waals surface area contributed by atoms with Crippen molar-refractivity contribution in [3.8, 4) is 0 Å². The fraction of sp³-hybridized carbons (Fsp3) is 0.222. The first-order valence-corrected chi connectivity index (χ1v) is 4.47. The number of hydrogen-bond donors (Lipinski definition) is 1. The Bertz CT molecular complexity index is 487. The summed E-state index contributed by atoms with van der Waals surface area (Å²) in [5.74, 6) is -2.32. The average Bonchev–Trinajstić information content (AvgIpc) is 2.27. The van der Waals surface area contributed by atoms with Crippen LogP contribution in [-0.4, -0.2) is 17.0 Å². The van der Waals surface area contributed by atoms with Crippen LogP contribution in [0.5, 0.6) is 0 Å². The number of nitro groups is 1. The van der Waals surface area contributed by atoms with Gasteiger partial charge in [-0.15, -0.1) is 0 Å². The van der Waals surface area contributed by atoms with Gasteiger partial charge in [-0.3, -0.25) is 14.9 Å². The predicted molar refractivity (Wildman–Crippen MR) is 52.6 cm³/mol. The Hall–Kier alpha value is -2.19. The summed E-state index contributed by atoms with van der Waals surface area (Å²) in [4.78, 5) is 20.2. The van der Waals surface area contributed by atoms with Gasteiger partial charge in [-0.1, -0.05) is 0 Å². The number of benzene rings is 1. The molecule has 1 rings (SSSR count). The molecule has 1 aromatic carbocycles. The summed E-state index contributed by atoms with van der Waals surface area (Å²) >= 11 is 0. The smallest absolute Gasteiger partial charge is 0.318 e. The quantitative estimate of drug-likeness (QED) is 0.519. The Morgan fingerprint density at radius 2 is 2.00 bits per heavy atom. The fourth-order valence-electron chi connectivity index (χ4n) is 1.10. The standard InChI is InChI=1S/C9H6F4N2O3/c10-4-5-1-2-6(15(17)18)3-7(5)14-8(16)9(11,12)13/h1-3H,4H2,(H,14,16). The molecule has 0 aliphatic carbocycles. The highest BCUT2D eigenvalue weighted by atomic mass is 19.4. The molecule has 0 saturated heterocycles. The van der Waals surface area contributed by atoms with Gasteiger partial charge in [0.05, 0.1) is 10.6 Å². The lowest BCUT2D eigenvalue weighted by Gasteiger charge is -2.10. The number of halogens is 4. The number of amides is 1. The maximum absolute atomic E-state index is 12.5. The zero-order valence-corrected chi connectivity index (χ0v) is 8.62. The fourth-order valence-corrected chi connectivity index (χ4v) is 1.10. The van der Waals surface area contributed by atoms with E-state index in [-0.39, 0.29) is 5.56 Å². The van der Waals surface area contributed by atoms with Crippen molar-refractivity contribution in [2.24, 2.45) is 0 Å². The van der Waals surface area contributed by atoms with E-state index in [2.05, 4.69) is 0 Å². The molecule has 0 aliphatic heterocycles. The van der Waals surface area contributed by atoms with Gasteiger partial charge < -0.3 is 5.32 Å². The van der Waals surface area contributed by atoms with Gasteiger partial charge in [0.1, 0.15) is 6.67 Å². The Balaban J connectivity index is 3.09. The van der Waals surface area contributed by atoms with Crippen LogP contribution in [0.15, 0.2) is 18.2 Å². The molecule has 0 heterocycles. The Morgan fingerprint density at radius 1 is 1.39 bits per heavy atom. The lowest BCUT2D eigenvalue weighted by atomic mass is 10.1. The van der Waals surface area contributed by atoms with Gasteiger partial charge in [0.15, 0.2) is 0 Å². The van der Waals surface area contributed by atoms with Gasteiger partial charge >= 0.3 is 12.1 Å². The molecule has 0 aromatic heterocycles. The lowest BCUT2D eigenvalue weighted by molar-refractivity contribution is -0.384. The first-order valence-electron chi connectivity index (χ1n) is 4.47. The minimum absolute atomic E-state index is 0.279. The number of carbonyl (C=O) groups is 1. The highest BCUT2D eigenvalue weighted by Gasteiger charge is 2.39. The monoisotopic (exact) mass is 266 g/mol. The van der Waals surface area contributed by atoms with Crippen LogP contribution in [0.1, 0.15) is 5.56 Å². The first kappa shape index (κ1) is 13.9. The van der Waals surface area contributed by atoms with Crippen LogP contribution in [-0.2, 0) is 11.5 Å². The molecule has 98 valence electrons. The molecule has 0 saturated carbocycles. The van der Waals surface area contributed by atoms with Crippen LogP contribution in [0.4, 0.5) is 28.9 Å². The summed E-state index contributed by atoms with van der Waals surface area (Å²) in [7, 11) is 0. The van der Waals surface area contributed by atoms with Crippen molar-refractivity contribution in [1.29, 1.82) is 0 Å². The van der Waals surface area contributed by atoms with Crippen molar-refractivity contribution in [3.63, 3.8) is 0 Å². The maximum atomic E-state index is 12.5. The molecular weight excluding hydrogens is 260 g/mol. The summed E-state index contributed by atoms with van der Waals surface area (Å²) < 4.78 is 48.4. The van der Waals surface area contributed by atoms with Crippen molar-refractivity contribution < 1.29 is 27.3 Å². The highest BCUT2D eigenvalue weighted by molar-refractivity contribution is 5.95. The second kappa shape index (κ2) is 4.98. The summed E-state index contributed by atoms with van der Waals surface area (Å²) in [5, 5.41) is 11.8. The Labute approximate surface area is 97.6 Å². The molecule has 0 spiro atoms. The normalized spacial score (nSPS) is 11.1. The molecule has 18 heavy (non-hydrogen) atoms. The van der Waals surface area contributed by atoms with E-state index in [0.29, 0.717) is 6.07 Å². The molecular formula is C9H6F4N2O3. The van der Waals surface area contributed by atoms with Crippen molar-refractivity contribution >= 4 is 17.3 Å². The molecule has 9 heteroatoms. The minimum atomic E-state index is -5.15. The van der Waals surface area contributed by atoms with Crippen LogP contribution >= 0.6 is 0 Å². The largest absolute Gasteiger partial charge is 0.471 e. The third-order valence-corrected chi connectivity index (χ3v) is 1.95. The average molecular weight is 266 g/mol. The van der Waals surface area contributed by atoms with Crippen LogP contribution in [0, 0.1) is 10.1 Å². The van der Waals surface area contributed by atoms with E-state index in [9.17, 15) is 32.5 Å². The van der Waals surface area contributed by atoms with Gasteiger partial charge in [0.25, 0.3) is 5.69 Å². The third-order valence-electron chi connectivity index (χ3n) is 1.95. The number of hydrogen-bond acceptors (Lipinski definition) is 3. The number of alkyl halides is 4. The molecule has 0 unspecified atom stereocenters. The molecule has 1 aromatic rings. The van der Waals surface area contributed by atoms with Crippen LogP contribution < -0.4 is 5.32 Å². The molecule has 0 atom stereocenters. The van der Waals surface area contributed by atoms with Gasteiger partial charge in [-0.2, -0.15) is 13.2 Å². The summed E-state index contributed by atoms with van der Waals surface area (Å²) in [5.41, 5.74) is -1.41. The molecule has 0 radical (unpaired) electrons. The van der Waals surface area contributed by atoms with Crippen LogP contribution in [0.25, 0.3) is 0 Å². The second-order valence-corrected chi connectivity index (χ2v) is 3.18. The Kier molecular flexibility index (Phi) is 3.84. The van der Waals surface area contributed by atoms with E-state index in [1.807, 2.05) is 0 Å². The molecule has 5 nitrogen and oxygen atoms in total. The van der Waals surface area contributed by atoms with Crippen LogP contribution in [0.3, 0.4) is 0 Å². The molecule has 1 N–H and O–H groups in total. The van der Waals surface area contributed by atoms with Crippen molar-refractivity contribution in [2.45, 2.75) is 12.9 Å². The zero-order valence-electron chi connectivity index (χ0n) is 8.62. The third kappa shape index (κ3) is 3.15. The van der Waals surface area contributed by atoms with Gasteiger partial charge in [0, 0.05) is 17.7 Å². The molecule has 0 bridgehead atoms. The summed E-state index contributed by atoms with van der Waals surface area (Å²) in [6.07, 6.45) is -5.15. The van der Waals surface area contributed by atoms with Crippen molar-refractivity contribution in [3.05, 3.63) is 33.9 Å². The number of carbonyl (C=O) groups excluding carboxylic acids is 1. The summed E-state index contributed by atoms with van der Waals surface area (Å²) in [6.45, 7) is -1.16. The molecule has 0 aliphatic rings. The Morgan fingerprint density at radius 3 is 2.44 bits per heavy atom. The number of nitrogens with zero attached hydrogens (tertiary/aromatic N) is 1. The number of anilines is 1. The van der Waals surface area contributed by atoms with Gasteiger partial charge in [-0.25, -0.2) is 4.39 Å². The lowest BCUT2D eigenvalue weighted by Crippen LogP contribution is -2.30. The van der Waals surface area contributed by atoms with Gasteiger partial charge in [-0.05, 0) is 6.07 Å². The minimum Gasteiger partial charge on any atom is -0.318 e. The van der Waals surface area contributed by atoms with Crippen molar-refractivity contribution in [1.82, 2.24) is 0 Å². The number of rotatable bonds is 3. The van der Waals surface area contributed by atoms with E-state index in [0.717, 1.165) is 12.1 Å². The topological polar surface area (TPSA) is 72.2 Å². The number of nitro benzene ring substituents is 1. The van der Waals surface area contributed by atoms with Crippen molar-refractivity contribution in [2.75, 3.05) is 5.32 Å². The van der Waals surface area contributed by atoms with Gasteiger partial charge in [0.2, 0.25) is 0 Å². The number of nitrogens with one attached hydrogen (secondary N) is 1. The van der Waals surface area contributed by atoms with E-state index >= 15 is 0 Å². The predicted octanol–water partition coefficient (Wildman–Crippen LogP) is 2.57.